The van der Waals surface area contributed by atoms with Gasteiger partial charge in [0.2, 0.25) is 0 Å². The summed E-state index contributed by atoms with van der Waals surface area (Å²) in [5.41, 5.74) is 2.41. The molecule has 4 N–H and O–H groups in total. The van der Waals surface area contributed by atoms with E-state index in [1.165, 1.54) is 24.4 Å². The topological polar surface area (TPSA) is 147 Å². The summed E-state index contributed by atoms with van der Waals surface area (Å²) in [5, 5.41) is 9.22. The second-order valence-electron chi connectivity index (χ2n) is 10.9. The molecule has 4 aromatic heterocycles. The van der Waals surface area contributed by atoms with Crippen LogP contribution in [0, 0.1) is 17.5 Å². The molecule has 0 aliphatic heterocycles. The van der Waals surface area contributed by atoms with Crippen LogP contribution in [0.25, 0.3) is 22.4 Å². The fourth-order valence-electron chi connectivity index (χ4n) is 5.33. The summed E-state index contributed by atoms with van der Waals surface area (Å²) in [5.74, 6) is -1.67. The van der Waals surface area contributed by atoms with E-state index in [9.17, 15) is 22.8 Å². The van der Waals surface area contributed by atoms with Gasteiger partial charge in [-0.05, 0) is 67.1 Å². The Morgan fingerprint density at radius 1 is 0.935 bits per heavy atom. The number of amides is 2. The smallest absolute Gasteiger partial charge is 0.407 e. The Labute approximate surface area is 261 Å². The predicted molar refractivity (Wildman–Crippen MR) is 162 cm³/mol. The molecule has 11 nitrogen and oxygen atoms in total. The molecule has 0 radical (unpaired) electrons. The molecule has 14 heteroatoms. The Morgan fingerprint density at radius 3 is 2.61 bits per heavy atom. The highest BCUT2D eigenvalue weighted by molar-refractivity contribution is 5.93. The van der Waals surface area contributed by atoms with E-state index >= 15 is 0 Å². The number of benzene rings is 1. The standard InChI is InChI=1S/C32H29F3N8O3/c33-20-6-4-18(5-7-20)13-40-32(45)46-17-19-8-9-36-27(10-19)31(44)42-23-3-1-2-22(12-23)41-30-26(35)16-39-29(43-30)25-15-38-28-24(25)11-21(34)14-37-28/h4-11,14-16,22-23H,1-3,12-13,17H2,(H,37,38)(H,40,45)(H,42,44)(H,39,41,43)/t22-,23+/m0/s1. The number of anilines is 1. The van der Waals surface area contributed by atoms with E-state index in [2.05, 4.69) is 40.9 Å². The first kappa shape index (κ1) is 30.5. The first-order valence-electron chi connectivity index (χ1n) is 14.6. The molecule has 46 heavy (non-hydrogen) atoms. The molecule has 0 unspecified atom stereocenters. The number of pyridine rings is 2. The van der Waals surface area contributed by atoms with Gasteiger partial charge in [0.25, 0.3) is 5.91 Å². The number of carbonyl (C=O) groups excluding carboxylic acids is 2. The normalized spacial score (nSPS) is 16.2. The summed E-state index contributed by atoms with van der Waals surface area (Å²) in [6.45, 7) is 0.0956. The zero-order valence-corrected chi connectivity index (χ0v) is 24.4. The van der Waals surface area contributed by atoms with Crippen LogP contribution in [0.1, 0.15) is 47.3 Å². The number of rotatable bonds is 9. The van der Waals surface area contributed by atoms with E-state index in [-0.39, 0.29) is 54.3 Å². The van der Waals surface area contributed by atoms with Crippen molar-refractivity contribution in [2.45, 2.75) is 50.9 Å². The van der Waals surface area contributed by atoms with Gasteiger partial charge in [0.15, 0.2) is 17.5 Å². The minimum absolute atomic E-state index is 0.0109. The molecule has 1 aliphatic rings. The lowest BCUT2D eigenvalue weighted by atomic mass is 9.91. The molecule has 0 bridgehead atoms. The van der Waals surface area contributed by atoms with Gasteiger partial charge in [-0.25, -0.2) is 32.9 Å². The summed E-state index contributed by atoms with van der Waals surface area (Å²) in [7, 11) is 0. The van der Waals surface area contributed by atoms with Crippen LogP contribution in [-0.2, 0) is 17.9 Å². The van der Waals surface area contributed by atoms with Crippen LogP contribution in [0.5, 0.6) is 0 Å². The van der Waals surface area contributed by atoms with Gasteiger partial charge in [-0.15, -0.1) is 0 Å². The molecule has 236 valence electrons. The van der Waals surface area contributed by atoms with E-state index in [4.69, 9.17) is 4.74 Å². The molecule has 0 saturated heterocycles. The molecule has 1 aromatic carbocycles. The lowest BCUT2D eigenvalue weighted by Gasteiger charge is -2.30. The van der Waals surface area contributed by atoms with Crippen LogP contribution >= 0.6 is 0 Å². The zero-order valence-electron chi connectivity index (χ0n) is 24.4. The Balaban J connectivity index is 1.03. The monoisotopic (exact) mass is 630 g/mol. The second-order valence-corrected chi connectivity index (χ2v) is 10.9. The molecular weight excluding hydrogens is 601 g/mol. The average Bonchev–Trinajstić information content (AvgIpc) is 3.48. The van der Waals surface area contributed by atoms with E-state index in [1.807, 2.05) is 0 Å². The van der Waals surface area contributed by atoms with E-state index in [0.717, 1.165) is 31.7 Å². The van der Waals surface area contributed by atoms with Crippen LogP contribution in [0.4, 0.5) is 23.8 Å². The van der Waals surface area contributed by atoms with Gasteiger partial charge in [-0.1, -0.05) is 12.1 Å². The number of halogens is 3. The predicted octanol–water partition coefficient (Wildman–Crippen LogP) is 5.41. The number of nitrogens with one attached hydrogen (secondary N) is 4. The van der Waals surface area contributed by atoms with Crippen molar-refractivity contribution < 1.29 is 27.5 Å². The first-order chi connectivity index (χ1) is 22.3. The molecule has 5 aromatic rings. The number of H-pyrrole nitrogens is 1. The molecule has 2 amide bonds. The highest BCUT2D eigenvalue weighted by atomic mass is 19.1. The fraction of sp³-hybridized carbons (Fsp3) is 0.250. The molecule has 4 heterocycles. The van der Waals surface area contributed by atoms with Crippen molar-refractivity contribution in [2.75, 3.05) is 5.32 Å². The Bertz CT molecular complexity index is 1870. The molecule has 2 atom stereocenters. The third-order valence-corrected chi connectivity index (χ3v) is 7.61. The summed E-state index contributed by atoms with van der Waals surface area (Å²) in [6.07, 6.45) is 7.33. The Kier molecular flexibility index (Phi) is 9.03. The van der Waals surface area contributed by atoms with Gasteiger partial charge in [0, 0.05) is 42.0 Å². The lowest BCUT2D eigenvalue weighted by Crippen LogP contribution is -2.42. The summed E-state index contributed by atoms with van der Waals surface area (Å²) < 4.78 is 46.9. The van der Waals surface area contributed by atoms with Crippen LogP contribution in [0.3, 0.4) is 0 Å². The fourth-order valence-corrected chi connectivity index (χ4v) is 5.33. The largest absolute Gasteiger partial charge is 0.445 e. The number of hydrogen-bond acceptors (Lipinski definition) is 8. The van der Waals surface area contributed by atoms with Crippen molar-refractivity contribution >= 4 is 28.9 Å². The van der Waals surface area contributed by atoms with Crippen molar-refractivity contribution in [3.8, 4) is 11.4 Å². The van der Waals surface area contributed by atoms with Crippen molar-refractivity contribution in [1.82, 2.24) is 35.6 Å². The third kappa shape index (κ3) is 7.39. The Hall–Kier alpha value is -5.53. The molecule has 6 rings (SSSR count). The van der Waals surface area contributed by atoms with Crippen LogP contribution in [-0.4, -0.2) is 49.0 Å². The highest BCUT2D eigenvalue weighted by Gasteiger charge is 2.26. The molecular formula is C32H29F3N8O3. The maximum atomic E-state index is 14.8. The van der Waals surface area contributed by atoms with Crippen LogP contribution < -0.4 is 16.0 Å². The number of nitrogens with zero attached hydrogens (tertiary/aromatic N) is 4. The van der Waals surface area contributed by atoms with E-state index in [0.29, 0.717) is 34.1 Å². The van der Waals surface area contributed by atoms with Gasteiger partial charge < -0.3 is 25.7 Å². The zero-order chi connectivity index (χ0) is 32.0. The minimum Gasteiger partial charge on any atom is -0.445 e. The van der Waals surface area contributed by atoms with Gasteiger partial charge >= 0.3 is 6.09 Å². The quantitative estimate of drug-likeness (QED) is 0.169. The summed E-state index contributed by atoms with van der Waals surface area (Å²) in [4.78, 5) is 44.7. The maximum absolute atomic E-state index is 14.8. The van der Waals surface area contributed by atoms with Gasteiger partial charge in [-0.2, -0.15) is 0 Å². The maximum Gasteiger partial charge on any atom is 0.407 e. The first-order valence-corrected chi connectivity index (χ1v) is 14.6. The average molecular weight is 631 g/mol. The van der Waals surface area contributed by atoms with E-state index in [1.54, 1.807) is 30.5 Å². The molecule has 1 aliphatic carbocycles. The van der Waals surface area contributed by atoms with Gasteiger partial charge in [0.05, 0.1) is 12.4 Å². The van der Waals surface area contributed by atoms with Crippen molar-refractivity contribution in [1.29, 1.82) is 0 Å². The van der Waals surface area contributed by atoms with Crippen molar-refractivity contribution in [2.24, 2.45) is 0 Å². The lowest BCUT2D eigenvalue weighted by molar-refractivity contribution is 0.0921. The SMILES string of the molecule is O=C(NCc1ccc(F)cc1)OCc1ccnc(C(=O)N[C@@H]2CCC[C@H](Nc3nc(-c4c[nH]c5ncc(F)cc45)ncc3F)C2)c1. The number of hydrogen-bond donors (Lipinski definition) is 4. The number of aromatic amines is 1. The van der Waals surface area contributed by atoms with Gasteiger partial charge in [-0.3, -0.25) is 9.78 Å². The van der Waals surface area contributed by atoms with E-state index < -0.39 is 17.7 Å². The molecule has 1 saturated carbocycles. The molecule has 0 spiro atoms. The third-order valence-electron chi connectivity index (χ3n) is 7.61. The number of carbonyl (C=O) groups is 2. The number of alkyl carbamates (subject to hydrolysis) is 1. The minimum atomic E-state index is -0.660. The van der Waals surface area contributed by atoms with Crippen LogP contribution in [0.15, 0.2) is 67.3 Å². The summed E-state index contributed by atoms with van der Waals surface area (Å²) >= 11 is 0. The van der Waals surface area contributed by atoms with Crippen LogP contribution in [0.2, 0.25) is 0 Å². The van der Waals surface area contributed by atoms with Gasteiger partial charge in [0.1, 0.15) is 29.6 Å². The van der Waals surface area contributed by atoms with Crippen molar-refractivity contribution in [3.05, 3.63) is 102 Å². The Morgan fingerprint density at radius 2 is 1.76 bits per heavy atom. The second kappa shape index (κ2) is 13.6. The number of fused-ring (bicyclic) bond motifs is 1. The highest BCUT2D eigenvalue weighted by Crippen LogP contribution is 2.28. The number of ether oxygens (including phenoxy) is 1. The number of aromatic nitrogens is 5. The summed E-state index contributed by atoms with van der Waals surface area (Å²) in [6, 6.07) is 9.85. The molecule has 1 fully saturated rings. The van der Waals surface area contributed by atoms with Crippen molar-refractivity contribution in [3.63, 3.8) is 0 Å².